The third-order valence-corrected chi connectivity index (χ3v) is 10.1. The van der Waals surface area contributed by atoms with E-state index in [9.17, 15) is 0 Å². The van der Waals surface area contributed by atoms with Crippen molar-refractivity contribution in [3.8, 4) is 0 Å². The Morgan fingerprint density at radius 2 is 1.02 bits per heavy atom. The minimum Gasteiger partial charge on any atom is -0.726 e. The molecule has 0 unspecified atom stereocenters. The van der Waals surface area contributed by atoms with Gasteiger partial charge in [-0.15, -0.1) is 0 Å². The van der Waals surface area contributed by atoms with Crippen molar-refractivity contribution in [2.45, 2.75) is 149 Å². The van der Waals surface area contributed by atoms with Crippen molar-refractivity contribution in [1.82, 2.24) is 0 Å². The van der Waals surface area contributed by atoms with E-state index in [4.69, 9.17) is 30.8 Å². The Bertz CT molecular complexity index is 784. The maximum Gasteiger partial charge on any atom is 0.501 e. The third kappa shape index (κ3) is 26.5. The monoisotopic (exact) mass is 619 g/mol. The molecule has 0 radical (unpaired) electrons. The predicted octanol–water partition coefficient (Wildman–Crippen LogP) is 7.83. The largest absolute Gasteiger partial charge is 0.726 e. The highest BCUT2D eigenvalue weighted by Crippen LogP contribution is 2.19. The quantitative estimate of drug-likeness (QED) is 0.0370. The molecule has 0 fully saturated rings. The zero-order valence-corrected chi connectivity index (χ0v) is 28.4. The fourth-order valence-electron chi connectivity index (χ4n) is 4.95. The Kier molecular flexibility index (Phi) is 26.1. The molecule has 0 bridgehead atoms. The molecule has 0 aromatic carbocycles. The maximum absolute atomic E-state index is 8.63. The molecule has 41 heavy (non-hydrogen) atoms. The highest BCUT2D eigenvalue weighted by atomic mass is 32.3. The Balaban J connectivity index is 0.00000292. The number of rotatable bonds is 26. The summed E-state index contributed by atoms with van der Waals surface area (Å²) in [5.74, 6) is 0. The van der Waals surface area contributed by atoms with E-state index in [1.165, 1.54) is 108 Å². The van der Waals surface area contributed by atoms with Gasteiger partial charge < -0.3 is 17.8 Å². The summed E-state index contributed by atoms with van der Waals surface area (Å²) in [4.78, 5) is 0. The van der Waals surface area contributed by atoms with Crippen molar-refractivity contribution in [3.63, 3.8) is 0 Å². The molecule has 1 aromatic heterocycles. The summed E-state index contributed by atoms with van der Waals surface area (Å²) in [7, 11) is -7.47. The number of pyridine rings is 1. The van der Waals surface area contributed by atoms with E-state index < -0.39 is 19.2 Å². The molecule has 1 N–H and O–H groups in total. The average molecular weight is 620 g/mol. The first kappa shape index (κ1) is 40.1. The topological polar surface area (TPSA) is 109 Å². The minimum atomic E-state index is -4.92. The molecule has 1 aromatic rings. The van der Waals surface area contributed by atoms with Crippen molar-refractivity contribution in [1.29, 1.82) is 0 Å². The second kappa shape index (κ2) is 26.7. The van der Waals surface area contributed by atoms with Gasteiger partial charge in [-0.1, -0.05) is 96.8 Å². The summed E-state index contributed by atoms with van der Waals surface area (Å²) in [6.45, 7) is 11.4. The molecule has 10 heteroatoms. The van der Waals surface area contributed by atoms with Gasteiger partial charge in [0.2, 0.25) is 10.4 Å². The Morgan fingerprint density at radius 1 is 0.683 bits per heavy atom. The van der Waals surface area contributed by atoms with Crippen LogP contribution in [0.1, 0.15) is 136 Å². The van der Waals surface area contributed by atoms with Crippen LogP contribution in [-0.2, 0) is 36.6 Å². The zero-order chi connectivity index (χ0) is 30.7. The summed E-state index contributed by atoms with van der Waals surface area (Å²) in [6, 6.07) is 5.33. The molecule has 1 rings (SSSR count). The number of hydrogen-bond acceptors (Lipinski definition) is 6. The second-order valence-corrected chi connectivity index (χ2v) is 14.2. The van der Waals surface area contributed by atoms with Crippen LogP contribution in [0.2, 0.25) is 6.04 Å². The van der Waals surface area contributed by atoms with Crippen LogP contribution in [0, 0.1) is 0 Å². The molecule has 0 spiro atoms. The van der Waals surface area contributed by atoms with Crippen LogP contribution in [0.3, 0.4) is 0 Å². The number of nitrogens with zero attached hydrogens (tertiary/aromatic N) is 1. The Labute approximate surface area is 253 Å². The lowest BCUT2D eigenvalue weighted by Gasteiger charge is -2.28. The van der Waals surface area contributed by atoms with Crippen molar-refractivity contribution >= 4 is 19.2 Å². The first-order chi connectivity index (χ1) is 19.7. The van der Waals surface area contributed by atoms with Crippen LogP contribution in [-0.4, -0.2) is 46.1 Å². The second-order valence-electron chi connectivity index (χ2n) is 10.7. The van der Waals surface area contributed by atoms with Crippen molar-refractivity contribution in [3.05, 3.63) is 30.1 Å². The molecule has 0 atom stereocenters. The van der Waals surface area contributed by atoms with Crippen LogP contribution in [0.4, 0.5) is 0 Å². The van der Waals surface area contributed by atoms with Gasteiger partial charge in [0, 0.05) is 44.4 Å². The molecule has 0 saturated carbocycles. The van der Waals surface area contributed by atoms with Crippen molar-refractivity contribution in [2.24, 2.45) is 0 Å². The first-order valence-electron chi connectivity index (χ1n) is 16.3. The molecule has 1 heterocycles. The van der Waals surface area contributed by atoms with Crippen LogP contribution in [0.15, 0.2) is 24.5 Å². The van der Waals surface area contributed by atoms with Gasteiger partial charge in [0.15, 0.2) is 12.4 Å². The van der Waals surface area contributed by atoms with Crippen LogP contribution >= 0.6 is 0 Å². The molecular weight excluding hydrogens is 558 g/mol. The third-order valence-electron chi connectivity index (χ3n) is 7.04. The van der Waals surface area contributed by atoms with Gasteiger partial charge in [-0.2, -0.15) is 0 Å². The summed E-state index contributed by atoms with van der Waals surface area (Å²) in [5, 5.41) is 0. The number of aromatic nitrogens is 1. The van der Waals surface area contributed by atoms with Crippen molar-refractivity contribution in [2.75, 3.05) is 19.8 Å². The zero-order valence-electron chi connectivity index (χ0n) is 26.6. The lowest BCUT2D eigenvalue weighted by molar-refractivity contribution is -0.697. The molecule has 0 aliphatic carbocycles. The highest BCUT2D eigenvalue weighted by molar-refractivity contribution is 7.79. The van der Waals surface area contributed by atoms with Gasteiger partial charge in [-0.25, -0.2) is 13.0 Å². The summed E-state index contributed by atoms with van der Waals surface area (Å²) in [6.07, 6.45) is 28.1. The smallest absolute Gasteiger partial charge is 0.501 e. The van der Waals surface area contributed by atoms with E-state index in [2.05, 4.69) is 36.0 Å². The summed E-state index contributed by atoms with van der Waals surface area (Å²) in [5.41, 5.74) is 1.33. The molecule has 0 amide bonds. The van der Waals surface area contributed by atoms with Crippen LogP contribution in [0.5, 0.6) is 0 Å². The van der Waals surface area contributed by atoms with Gasteiger partial charge in [0.1, 0.15) is 6.54 Å². The highest BCUT2D eigenvalue weighted by Gasteiger charge is 2.39. The molecule has 8 nitrogen and oxygen atoms in total. The van der Waals surface area contributed by atoms with Crippen LogP contribution < -0.4 is 4.57 Å². The standard InChI is InChI=1S/C31H60NO3Si.H2O4S/c1-5-9-10-11-12-13-14-15-16-17-18-19-20-21-22-23-27-32-28-24-31(25-29-32)26-30-36(33-6-2,34-7-3)35-8-4;1-5(2,3)4/h24-25,28-29H,5-23,26-27,30H2,1-4H3;(H2,1,2,3,4)/q+1;/p-1. The molecule has 0 aliphatic heterocycles. The van der Waals surface area contributed by atoms with E-state index in [0.717, 1.165) is 19.0 Å². The number of aryl methyl sites for hydroxylation is 2. The molecule has 242 valence electrons. The van der Waals surface area contributed by atoms with Gasteiger partial charge >= 0.3 is 8.80 Å². The van der Waals surface area contributed by atoms with Gasteiger partial charge in [-0.3, -0.25) is 4.55 Å². The summed E-state index contributed by atoms with van der Waals surface area (Å²) < 4.78 is 53.1. The predicted molar refractivity (Wildman–Crippen MR) is 168 cm³/mol. The number of unbranched alkanes of at least 4 members (excludes halogenated alkanes) is 15. The van der Waals surface area contributed by atoms with Crippen molar-refractivity contribution < 1.29 is 35.4 Å². The molecule has 0 saturated heterocycles. The van der Waals surface area contributed by atoms with Gasteiger partial charge in [-0.05, 0) is 39.2 Å². The fourth-order valence-corrected chi connectivity index (χ4v) is 7.54. The Morgan fingerprint density at radius 3 is 1.37 bits per heavy atom. The summed E-state index contributed by atoms with van der Waals surface area (Å²) >= 11 is 0. The first-order valence-corrected chi connectivity index (χ1v) is 19.6. The van der Waals surface area contributed by atoms with Gasteiger partial charge in [0.05, 0.1) is 0 Å². The lowest BCUT2D eigenvalue weighted by atomic mass is 10.0. The average Bonchev–Trinajstić information content (AvgIpc) is 2.92. The molecule has 0 aliphatic rings. The maximum atomic E-state index is 8.63. The lowest BCUT2D eigenvalue weighted by Crippen LogP contribution is -2.46. The molecular formula is C31H61NO7SSi. The fraction of sp³-hybridized carbons (Fsp3) is 0.839. The van der Waals surface area contributed by atoms with E-state index in [-0.39, 0.29) is 0 Å². The number of hydrogen-bond donors (Lipinski definition) is 1. The normalized spacial score (nSPS) is 11.9. The Hall–Kier alpha value is -0.883. The van der Waals surface area contributed by atoms with E-state index in [1.54, 1.807) is 0 Å². The van der Waals surface area contributed by atoms with E-state index in [0.29, 0.717) is 19.8 Å². The van der Waals surface area contributed by atoms with E-state index in [1.807, 2.05) is 20.8 Å². The minimum absolute atomic E-state index is 0.639. The van der Waals surface area contributed by atoms with Gasteiger partial charge in [0.25, 0.3) is 0 Å². The SMILES string of the molecule is CCCCCCCCCCCCCCCCCC[n+]1ccc(CC[Si](OCC)(OCC)OCC)cc1.O=S(=O)([O-])O. The van der Waals surface area contributed by atoms with E-state index >= 15 is 0 Å². The van der Waals surface area contributed by atoms with Crippen LogP contribution in [0.25, 0.3) is 0 Å².